The van der Waals surface area contributed by atoms with Crippen LogP contribution < -0.4 is 4.72 Å². The molecular weight excluding hydrogens is 406 g/mol. The molecular formula is C14H19Br2NO2S. The standard InChI is InChI=1S/C14H19Br2NO2S/c1-8-6-10(16)11(7-9(8)15)20(18,19)17-12-13(2,3)14(12,4)5/h6-7,12,17H,1-5H3. The highest BCUT2D eigenvalue weighted by molar-refractivity contribution is 9.11. The van der Waals surface area contributed by atoms with Crippen LogP contribution in [0.15, 0.2) is 26.0 Å². The highest BCUT2D eigenvalue weighted by Crippen LogP contribution is 2.63. The third kappa shape index (κ3) is 2.49. The van der Waals surface area contributed by atoms with Gasteiger partial charge in [-0.25, -0.2) is 13.1 Å². The van der Waals surface area contributed by atoms with E-state index in [1.165, 1.54) is 0 Å². The van der Waals surface area contributed by atoms with Gasteiger partial charge in [0.05, 0.1) is 4.90 Å². The molecule has 0 bridgehead atoms. The van der Waals surface area contributed by atoms with Crippen molar-refractivity contribution in [1.29, 1.82) is 0 Å². The van der Waals surface area contributed by atoms with Gasteiger partial charge in [0.1, 0.15) is 0 Å². The summed E-state index contributed by atoms with van der Waals surface area (Å²) in [6.07, 6.45) is 0. The first kappa shape index (κ1) is 16.5. The molecule has 0 atom stereocenters. The molecule has 0 aliphatic heterocycles. The van der Waals surface area contributed by atoms with Crippen molar-refractivity contribution >= 4 is 41.9 Å². The second-order valence-corrected chi connectivity index (χ2v) is 9.92. The average Bonchev–Trinajstić information content (AvgIpc) is 2.65. The second kappa shape index (κ2) is 4.80. The summed E-state index contributed by atoms with van der Waals surface area (Å²) >= 11 is 6.73. The Morgan fingerprint density at radius 3 is 2.00 bits per heavy atom. The maximum absolute atomic E-state index is 12.6. The summed E-state index contributed by atoms with van der Waals surface area (Å²) in [5.41, 5.74) is 0.922. The van der Waals surface area contributed by atoms with E-state index in [0.717, 1.165) is 10.0 Å². The largest absolute Gasteiger partial charge is 0.242 e. The zero-order valence-electron chi connectivity index (χ0n) is 12.2. The molecule has 1 aromatic rings. The highest BCUT2D eigenvalue weighted by Gasteiger charge is 2.66. The topological polar surface area (TPSA) is 46.2 Å². The first-order valence-electron chi connectivity index (χ1n) is 6.39. The molecule has 1 fully saturated rings. The number of rotatable bonds is 3. The molecule has 0 heterocycles. The van der Waals surface area contributed by atoms with Gasteiger partial charge in [-0.15, -0.1) is 0 Å². The third-order valence-corrected chi connectivity index (χ3v) is 8.03. The van der Waals surface area contributed by atoms with E-state index >= 15 is 0 Å². The van der Waals surface area contributed by atoms with Gasteiger partial charge in [-0.05, 0) is 51.4 Å². The number of hydrogen-bond donors (Lipinski definition) is 1. The van der Waals surface area contributed by atoms with Crippen molar-refractivity contribution in [3.8, 4) is 0 Å². The number of aryl methyl sites for hydroxylation is 1. The molecule has 112 valence electrons. The number of hydrogen-bond acceptors (Lipinski definition) is 2. The minimum Gasteiger partial charge on any atom is -0.207 e. The van der Waals surface area contributed by atoms with E-state index < -0.39 is 10.0 Å². The van der Waals surface area contributed by atoms with E-state index in [4.69, 9.17) is 0 Å². The monoisotopic (exact) mass is 423 g/mol. The lowest BCUT2D eigenvalue weighted by Crippen LogP contribution is -2.30. The summed E-state index contributed by atoms with van der Waals surface area (Å²) in [7, 11) is -3.54. The molecule has 0 amide bonds. The van der Waals surface area contributed by atoms with Crippen LogP contribution in [-0.2, 0) is 10.0 Å². The molecule has 2 rings (SSSR count). The fourth-order valence-electron chi connectivity index (χ4n) is 2.54. The average molecular weight is 425 g/mol. The quantitative estimate of drug-likeness (QED) is 0.788. The van der Waals surface area contributed by atoms with Crippen LogP contribution in [0.2, 0.25) is 0 Å². The highest BCUT2D eigenvalue weighted by atomic mass is 79.9. The normalized spacial score (nSPS) is 20.9. The van der Waals surface area contributed by atoms with Gasteiger partial charge in [-0.1, -0.05) is 43.6 Å². The smallest absolute Gasteiger partial charge is 0.207 e. The molecule has 1 aliphatic rings. The van der Waals surface area contributed by atoms with Gasteiger partial charge < -0.3 is 0 Å². The summed E-state index contributed by atoms with van der Waals surface area (Å²) in [6, 6.07) is 3.40. The van der Waals surface area contributed by atoms with E-state index in [2.05, 4.69) is 64.3 Å². The second-order valence-electron chi connectivity index (χ2n) is 6.53. The zero-order valence-corrected chi connectivity index (χ0v) is 16.2. The Labute approximate surface area is 137 Å². The van der Waals surface area contributed by atoms with Crippen molar-refractivity contribution < 1.29 is 8.42 Å². The molecule has 0 aromatic heterocycles. The van der Waals surface area contributed by atoms with Gasteiger partial charge in [0.2, 0.25) is 10.0 Å². The molecule has 0 spiro atoms. The van der Waals surface area contributed by atoms with Crippen molar-refractivity contribution in [2.24, 2.45) is 10.8 Å². The number of sulfonamides is 1. The summed E-state index contributed by atoms with van der Waals surface area (Å²) in [5.74, 6) is 0. The number of halogens is 2. The van der Waals surface area contributed by atoms with E-state index in [1.54, 1.807) is 6.07 Å². The Hall–Kier alpha value is 0.0900. The lowest BCUT2D eigenvalue weighted by atomic mass is 10.0. The van der Waals surface area contributed by atoms with Gasteiger partial charge >= 0.3 is 0 Å². The van der Waals surface area contributed by atoms with Crippen molar-refractivity contribution in [2.75, 3.05) is 0 Å². The molecule has 1 aliphatic carbocycles. The fraction of sp³-hybridized carbons (Fsp3) is 0.571. The van der Waals surface area contributed by atoms with Crippen molar-refractivity contribution in [3.63, 3.8) is 0 Å². The Morgan fingerprint density at radius 2 is 1.55 bits per heavy atom. The molecule has 0 radical (unpaired) electrons. The Bertz CT molecular complexity index is 652. The fourth-order valence-corrected chi connectivity index (χ4v) is 5.75. The molecule has 20 heavy (non-hydrogen) atoms. The zero-order chi connectivity index (χ0) is 15.5. The summed E-state index contributed by atoms with van der Waals surface area (Å²) in [5, 5.41) is 0. The summed E-state index contributed by atoms with van der Waals surface area (Å²) in [6.45, 7) is 10.3. The number of nitrogens with one attached hydrogen (secondary N) is 1. The number of benzene rings is 1. The SMILES string of the molecule is Cc1cc(Br)c(S(=O)(=O)NC2C(C)(C)C2(C)C)cc1Br. The van der Waals surface area contributed by atoms with Crippen LogP contribution in [0.4, 0.5) is 0 Å². The summed E-state index contributed by atoms with van der Waals surface area (Å²) < 4.78 is 29.4. The van der Waals surface area contributed by atoms with Gasteiger partial charge in [-0.2, -0.15) is 0 Å². The molecule has 3 nitrogen and oxygen atoms in total. The van der Waals surface area contributed by atoms with E-state index in [1.807, 2.05) is 13.0 Å². The molecule has 6 heteroatoms. The van der Waals surface area contributed by atoms with Crippen molar-refractivity contribution in [2.45, 2.75) is 45.6 Å². The lowest BCUT2D eigenvalue weighted by Gasteiger charge is -2.11. The Balaban J connectivity index is 2.36. The van der Waals surface area contributed by atoms with E-state index in [0.29, 0.717) is 4.47 Å². The van der Waals surface area contributed by atoms with Crippen LogP contribution in [-0.4, -0.2) is 14.5 Å². The predicted molar refractivity (Wildman–Crippen MR) is 88.3 cm³/mol. The van der Waals surface area contributed by atoms with Crippen molar-refractivity contribution in [3.05, 3.63) is 26.6 Å². The molecule has 0 unspecified atom stereocenters. The Kier molecular flexibility index (Phi) is 3.95. The molecule has 1 saturated carbocycles. The van der Waals surface area contributed by atoms with Crippen LogP contribution >= 0.6 is 31.9 Å². The molecule has 1 N–H and O–H groups in total. The van der Waals surface area contributed by atoms with Gasteiger partial charge in [0.15, 0.2) is 0 Å². The van der Waals surface area contributed by atoms with Crippen LogP contribution in [0.1, 0.15) is 33.3 Å². The first-order valence-corrected chi connectivity index (χ1v) is 9.46. The van der Waals surface area contributed by atoms with Crippen LogP contribution in [0.3, 0.4) is 0 Å². The molecule has 1 aromatic carbocycles. The summed E-state index contributed by atoms with van der Waals surface area (Å²) in [4.78, 5) is 0.272. The lowest BCUT2D eigenvalue weighted by molar-refractivity contribution is 0.457. The van der Waals surface area contributed by atoms with E-state index in [9.17, 15) is 8.42 Å². The first-order chi connectivity index (χ1) is 8.91. The van der Waals surface area contributed by atoms with Crippen LogP contribution in [0, 0.1) is 17.8 Å². The van der Waals surface area contributed by atoms with E-state index in [-0.39, 0.29) is 21.8 Å². The van der Waals surface area contributed by atoms with Gasteiger partial charge in [-0.3, -0.25) is 0 Å². The third-order valence-electron chi connectivity index (χ3n) is 4.80. The van der Waals surface area contributed by atoms with Crippen LogP contribution in [0.5, 0.6) is 0 Å². The maximum Gasteiger partial charge on any atom is 0.242 e. The molecule has 0 saturated heterocycles. The Morgan fingerprint density at radius 1 is 1.05 bits per heavy atom. The van der Waals surface area contributed by atoms with Crippen LogP contribution in [0.25, 0.3) is 0 Å². The van der Waals surface area contributed by atoms with Crippen molar-refractivity contribution in [1.82, 2.24) is 4.72 Å². The van der Waals surface area contributed by atoms with Gasteiger partial charge in [0, 0.05) is 15.0 Å². The predicted octanol–water partition coefficient (Wildman–Crippen LogP) is 4.23. The minimum absolute atomic E-state index is 0.0333. The maximum atomic E-state index is 12.6. The van der Waals surface area contributed by atoms with Gasteiger partial charge in [0.25, 0.3) is 0 Å². The minimum atomic E-state index is -3.54.